The van der Waals surface area contributed by atoms with Crippen LogP contribution in [0, 0.1) is 12.8 Å². The molecule has 0 aliphatic heterocycles. The van der Waals surface area contributed by atoms with E-state index in [1.165, 1.54) is 25.7 Å². The highest BCUT2D eigenvalue weighted by Gasteiger charge is 2.26. The number of aryl methyl sites for hydroxylation is 1. The molecule has 2 unspecified atom stereocenters. The van der Waals surface area contributed by atoms with Gasteiger partial charge in [-0.3, -0.25) is 0 Å². The molecule has 0 amide bonds. The van der Waals surface area contributed by atoms with Crippen LogP contribution in [0.3, 0.4) is 0 Å². The standard InChI is InChI=1S/C14H21ClN2O/c1-3-11-6-4-5-7-13(11)18-14-16-9-12(8-15)10(2)17-14/h9,11,13H,3-8H2,1-2H3. The molecule has 2 rings (SSSR count). The number of nitrogens with zero attached hydrogens (tertiary/aromatic N) is 2. The van der Waals surface area contributed by atoms with Crippen LogP contribution in [-0.4, -0.2) is 16.1 Å². The van der Waals surface area contributed by atoms with E-state index < -0.39 is 0 Å². The molecule has 0 N–H and O–H groups in total. The van der Waals surface area contributed by atoms with E-state index >= 15 is 0 Å². The molecule has 1 saturated carbocycles. The Kier molecular flexibility index (Phi) is 4.81. The molecule has 1 fully saturated rings. The topological polar surface area (TPSA) is 35.0 Å². The van der Waals surface area contributed by atoms with Crippen molar-refractivity contribution in [3.05, 3.63) is 17.5 Å². The number of rotatable bonds is 4. The Labute approximate surface area is 114 Å². The molecule has 1 aromatic rings. The summed E-state index contributed by atoms with van der Waals surface area (Å²) in [6.45, 7) is 4.18. The summed E-state index contributed by atoms with van der Waals surface area (Å²) in [5.74, 6) is 1.10. The molecule has 3 nitrogen and oxygen atoms in total. The van der Waals surface area contributed by atoms with Crippen molar-refractivity contribution in [2.75, 3.05) is 0 Å². The molecular weight excluding hydrogens is 248 g/mol. The molecule has 0 spiro atoms. The molecule has 0 saturated heterocycles. The van der Waals surface area contributed by atoms with Gasteiger partial charge < -0.3 is 4.74 Å². The molecule has 0 bridgehead atoms. The minimum atomic E-state index is 0.282. The van der Waals surface area contributed by atoms with Crippen molar-refractivity contribution in [3.8, 4) is 6.01 Å². The molecular formula is C14H21ClN2O. The van der Waals surface area contributed by atoms with Gasteiger partial charge in [0.2, 0.25) is 0 Å². The zero-order chi connectivity index (χ0) is 13.0. The lowest BCUT2D eigenvalue weighted by Gasteiger charge is -2.30. The fraction of sp³-hybridized carbons (Fsp3) is 0.714. The van der Waals surface area contributed by atoms with Crippen LogP contribution < -0.4 is 4.74 Å². The van der Waals surface area contributed by atoms with E-state index in [1.54, 1.807) is 6.20 Å². The van der Waals surface area contributed by atoms with Gasteiger partial charge in [0.15, 0.2) is 0 Å². The Bertz CT molecular complexity index is 397. The molecule has 4 heteroatoms. The maximum atomic E-state index is 5.97. The highest BCUT2D eigenvalue weighted by Crippen LogP contribution is 2.29. The van der Waals surface area contributed by atoms with E-state index in [0.717, 1.165) is 17.7 Å². The van der Waals surface area contributed by atoms with E-state index in [1.807, 2.05) is 6.92 Å². The maximum absolute atomic E-state index is 5.97. The smallest absolute Gasteiger partial charge is 0.316 e. The molecule has 0 radical (unpaired) electrons. The fourth-order valence-electron chi connectivity index (χ4n) is 2.59. The third-order valence-corrected chi connectivity index (χ3v) is 4.11. The molecule has 1 aliphatic carbocycles. The van der Waals surface area contributed by atoms with Crippen LogP contribution in [0.15, 0.2) is 6.20 Å². The number of halogens is 1. The van der Waals surface area contributed by atoms with Crippen LogP contribution in [0.2, 0.25) is 0 Å². The Morgan fingerprint density at radius 2 is 2.17 bits per heavy atom. The van der Waals surface area contributed by atoms with Crippen molar-refractivity contribution in [2.24, 2.45) is 5.92 Å². The number of alkyl halides is 1. The summed E-state index contributed by atoms with van der Waals surface area (Å²) in [7, 11) is 0. The van der Waals surface area contributed by atoms with Gasteiger partial charge in [-0.15, -0.1) is 11.6 Å². The van der Waals surface area contributed by atoms with Gasteiger partial charge >= 0.3 is 6.01 Å². The molecule has 18 heavy (non-hydrogen) atoms. The van der Waals surface area contributed by atoms with Gasteiger partial charge in [0.1, 0.15) is 6.10 Å². The normalized spacial score (nSPS) is 23.9. The Balaban J connectivity index is 2.05. The Morgan fingerprint density at radius 1 is 1.39 bits per heavy atom. The van der Waals surface area contributed by atoms with E-state index in [0.29, 0.717) is 17.8 Å². The number of ether oxygens (including phenoxy) is 1. The summed E-state index contributed by atoms with van der Waals surface area (Å²) in [5, 5.41) is 0. The van der Waals surface area contributed by atoms with Crippen LogP contribution >= 0.6 is 11.6 Å². The average Bonchev–Trinajstić information content (AvgIpc) is 2.39. The average molecular weight is 269 g/mol. The van der Waals surface area contributed by atoms with Gasteiger partial charge in [-0.2, -0.15) is 0 Å². The highest BCUT2D eigenvalue weighted by molar-refractivity contribution is 6.17. The predicted octanol–water partition coefficient (Wildman–Crippen LogP) is 3.87. The summed E-state index contributed by atoms with van der Waals surface area (Å²) in [4.78, 5) is 8.64. The van der Waals surface area contributed by atoms with Gasteiger partial charge in [0.05, 0.1) is 5.88 Å². The maximum Gasteiger partial charge on any atom is 0.316 e. The third-order valence-electron chi connectivity index (χ3n) is 3.82. The molecule has 2 atom stereocenters. The monoisotopic (exact) mass is 268 g/mol. The second-order valence-electron chi connectivity index (χ2n) is 5.01. The summed E-state index contributed by atoms with van der Waals surface area (Å²) < 4.78 is 5.97. The zero-order valence-electron chi connectivity index (χ0n) is 11.2. The lowest BCUT2D eigenvalue weighted by atomic mass is 9.85. The second kappa shape index (κ2) is 6.37. The summed E-state index contributed by atoms with van der Waals surface area (Å²) in [6, 6.07) is 0.506. The number of hydrogen-bond donors (Lipinski definition) is 0. The Morgan fingerprint density at radius 3 is 2.83 bits per heavy atom. The quantitative estimate of drug-likeness (QED) is 0.778. The van der Waals surface area contributed by atoms with E-state index in [-0.39, 0.29) is 6.10 Å². The molecule has 1 aromatic heterocycles. The predicted molar refractivity (Wildman–Crippen MR) is 73.0 cm³/mol. The molecule has 1 heterocycles. The zero-order valence-corrected chi connectivity index (χ0v) is 11.9. The first kappa shape index (κ1) is 13.6. The van der Waals surface area contributed by atoms with Crippen molar-refractivity contribution in [1.29, 1.82) is 0 Å². The van der Waals surface area contributed by atoms with Crippen LogP contribution in [0.25, 0.3) is 0 Å². The van der Waals surface area contributed by atoms with Crippen LogP contribution in [-0.2, 0) is 5.88 Å². The van der Waals surface area contributed by atoms with E-state index in [9.17, 15) is 0 Å². The van der Waals surface area contributed by atoms with Crippen molar-refractivity contribution in [1.82, 2.24) is 9.97 Å². The number of hydrogen-bond acceptors (Lipinski definition) is 3. The van der Waals surface area contributed by atoms with E-state index in [4.69, 9.17) is 16.3 Å². The minimum absolute atomic E-state index is 0.282. The first-order chi connectivity index (χ1) is 8.74. The van der Waals surface area contributed by atoms with Crippen molar-refractivity contribution < 1.29 is 4.74 Å². The van der Waals surface area contributed by atoms with Crippen LogP contribution in [0.1, 0.15) is 50.3 Å². The summed E-state index contributed by atoms with van der Waals surface area (Å²) in [6.07, 6.45) is 8.18. The molecule has 1 aliphatic rings. The van der Waals surface area contributed by atoms with Crippen molar-refractivity contribution >= 4 is 11.6 Å². The van der Waals surface area contributed by atoms with Crippen molar-refractivity contribution in [3.63, 3.8) is 0 Å². The number of aromatic nitrogens is 2. The summed E-state index contributed by atoms with van der Waals surface area (Å²) in [5.41, 5.74) is 1.89. The van der Waals surface area contributed by atoms with Gasteiger partial charge in [0, 0.05) is 17.5 Å². The first-order valence-corrected chi connectivity index (χ1v) is 7.33. The van der Waals surface area contributed by atoms with Crippen LogP contribution in [0.5, 0.6) is 6.01 Å². The highest BCUT2D eigenvalue weighted by atomic mass is 35.5. The largest absolute Gasteiger partial charge is 0.460 e. The first-order valence-electron chi connectivity index (χ1n) is 6.79. The summed E-state index contributed by atoms with van der Waals surface area (Å²) >= 11 is 5.80. The molecule has 100 valence electrons. The van der Waals surface area contributed by atoms with Crippen LogP contribution in [0.4, 0.5) is 0 Å². The SMILES string of the molecule is CCC1CCCCC1Oc1ncc(CCl)c(C)n1. The van der Waals surface area contributed by atoms with Crippen molar-refractivity contribution in [2.45, 2.75) is 57.9 Å². The lowest BCUT2D eigenvalue weighted by molar-refractivity contribution is 0.0807. The fourth-order valence-corrected chi connectivity index (χ4v) is 2.85. The van der Waals surface area contributed by atoms with Gasteiger partial charge in [0.25, 0.3) is 0 Å². The minimum Gasteiger partial charge on any atom is -0.460 e. The van der Waals surface area contributed by atoms with E-state index in [2.05, 4.69) is 16.9 Å². The third kappa shape index (κ3) is 3.14. The van der Waals surface area contributed by atoms with Gasteiger partial charge in [-0.1, -0.05) is 13.3 Å². The van der Waals surface area contributed by atoms with Gasteiger partial charge in [-0.05, 0) is 38.5 Å². The second-order valence-corrected chi connectivity index (χ2v) is 5.27. The Hall–Kier alpha value is -0.830. The molecule has 0 aromatic carbocycles. The van der Waals surface area contributed by atoms with Gasteiger partial charge in [-0.25, -0.2) is 9.97 Å². The lowest BCUT2D eigenvalue weighted by Crippen LogP contribution is -2.30.